The minimum absolute atomic E-state index is 0.179. The quantitative estimate of drug-likeness (QED) is 0.796. The molecule has 1 rings (SSSR count). The number of aromatic hydroxyl groups is 1. The van der Waals surface area contributed by atoms with Crippen LogP contribution in [0.3, 0.4) is 0 Å². The molecule has 0 spiro atoms. The molecule has 0 aliphatic rings. The van der Waals surface area contributed by atoms with Crippen LogP contribution in [0.15, 0.2) is 21.5 Å². The zero-order valence-corrected chi connectivity index (χ0v) is 9.42. The molecule has 0 bridgehead atoms. The van der Waals surface area contributed by atoms with Crippen molar-refractivity contribution in [1.29, 1.82) is 0 Å². The van der Waals surface area contributed by atoms with E-state index in [0.717, 1.165) is 18.4 Å². The smallest absolute Gasteiger partial charge is 0.226 e. The van der Waals surface area contributed by atoms with Crippen LogP contribution in [0.25, 0.3) is 0 Å². The number of rotatable bonds is 5. The van der Waals surface area contributed by atoms with Gasteiger partial charge in [-0.3, -0.25) is 4.79 Å². The van der Waals surface area contributed by atoms with Crippen LogP contribution in [0.2, 0.25) is 0 Å². The zero-order valence-electron chi connectivity index (χ0n) is 8.60. The van der Waals surface area contributed by atoms with Gasteiger partial charge in [0.15, 0.2) is 5.75 Å². The SMILES string of the molecule is CCC(N)CSCc1cc(=O)c(O)co1. The molecule has 1 aromatic rings. The molecule has 0 aromatic carbocycles. The molecule has 84 valence electrons. The van der Waals surface area contributed by atoms with Crippen LogP contribution in [0.4, 0.5) is 0 Å². The fourth-order valence-electron chi connectivity index (χ4n) is 0.948. The van der Waals surface area contributed by atoms with Crippen molar-refractivity contribution < 1.29 is 9.52 Å². The highest BCUT2D eigenvalue weighted by atomic mass is 32.2. The molecule has 5 heteroatoms. The maximum absolute atomic E-state index is 11.0. The lowest BCUT2D eigenvalue weighted by Crippen LogP contribution is -2.21. The lowest BCUT2D eigenvalue weighted by molar-refractivity contribution is 0.419. The Morgan fingerprint density at radius 3 is 3.00 bits per heavy atom. The molecule has 1 heterocycles. The predicted molar refractivity (Wildman–Crippen MR) is 61.1 cm³/mol. The van der Waals surface area contributed by atoms with E-state index in [4.69, 9.17) is 15.3 Å². The first-order valence-electron chi connectivity index (χ1n) is 4.77. The van der Waals surface area contributed by atoms with E-state index in [1.807, 2.05) is 6.92 Å². The molecule has 0 aliphatic carbocycles. The van der Waals surface area contributed by atoms with Gasteiger partial charge in [0, 0.05) is 17.9 Å². The van der Waals surface area contributed by atoms with E-state index in [1.54, 1.807) is 11.8 Å². The molecular weight excluding hydrogens is 214 g/mol. The fourth-order valence-corrected chi connectivity index (χ4v) is 1.96. The van der Waals surface area contributed by atoms with Gasteiger partial charge in [0.25, 0.3) is 0 Å². The third kappa shape index (κ3) is 3.97. The first-order chi connectivity index (χ1) is 7.13. The van der Waals surface area contributed by atoms with Crippen LogP contribution < -0.4 is 11.2 Å². The van der Waals surface area contributed by atoms with Crippen molar-refractivity contribution in [3.05, 3.63) is 28.3 Å². The van der Waals surface area contributed by atoms with Crippen molar-refractivity contribution in [2.24, 2.45) is 5.73 Å². The van der Waals surface area contributed by atoms with Crippen LogP contribution in [0.1, 0.15) is 19.1 Å². The fraction of sp³-hybridized carbons (Fsp3) is 0.500. The van der Waals surface area contributed by atoms with Gasteiger partial charge in [0.1, 0.15) is 12.0 Å². The summed E-state index contributed by atoms with van der Waals surface area (Å²) in [7, 11) is 0. The highest BCUT2D eigenvalue weighted by molar-refractivity contribution is 7.98. The van der Waals surface area contributed by atoms with Gasteiger partial charge < -0.3 is 15.3 Å². The summed E-state index contributed by atoms with van der Waals surface area (Å²) in [5.41, 5.74) is 5.33. The number of hydrogen-bond acceptors (Lipinski definition) is 5. The zero-order chi connectivity index (χ0) is 11.3. The van der Waals surface area contributed by atoms with Crippen molar-refractivity contribution in [3.63, 3.8) is 0 Å². The Morgan fingerprint density at radius 1 is 1.67 bits per heavy atom. The van der Waals surface area contributed by atoms with E-state index in [0.29, 0.717) is 11.5 Å². The maximum atomic E-state index is 11.0. The summed E-state index contributed by atoms with van der Waals surface area (Å²) in [5, 5.41) is 8.96. The van der Waals surface area contributed by atoms with Crippen molar-refractivity contribution >= 4 is 11.8 Å². The second-order valence-electron chi connectivity index (χ2n) is 3.28. The molecule has 0 amide bonds. The van der Waals surface area contributed by atoms with Crippen LogP contribution in [-0.4, -0.2) is 16.9 Å². The highest BCUT2D eigenvalue weighted by Gasteiger charge is 2.03. The molecule has 3 N–H and O–H groups in total. The normalized spacial score (nSPS) is 12.7. The summed E-state index contributed by atoms with van der Waals surface area (Å²) in [6, 6.07) is 1.48. The molecule has 0 fully saturated rings. The maximum Gasteiger partial charge on any atom is 0.226 e. The summed E-state index contributed by atoms with van der Waals surface area (Å²) in [6.07, 6.45) is 2.00. The first kappa shape index (κ1) is 12.1. The standard InChI is InChI=1S/C10H15NO3S/c1-2-7(11)5-15-6-8-3-9(12)10(13)4-14-8/h3-4,7,13H,2,5-6,11H2,1H3. The van der Waals surface area contributed by atoms with Crippen LogP contribution in [-0.2, 0) is 5.75 Å². The second kappa shape index (κ2) is 5.82. The van der Waals surface area contributed by atoms with E-state index in [-0.39, 0.29) is 11.8 Å². The molecule has 1 unspecified atom stereocenters. The third-order valence-electron chi connectivity index (χ3n) is 1.97. The van der Waals surface area contributed by atoms with Crippen LogP contribution in [0, 0.1) is 0 Å². The summed E-state index contributed by atoms with van der Waals surface area (Å²) < 4.78 is 5.04. The Labute approximate surface area is 92.5 Å². The predicted octanol–water partition coefficient (Wildman–Crippen LogP) is 1.32. The number of hydrogen-bond donors (Lipinski definition) is 2. The monoisotopic (exact) mass is 229 g/mol. The van der Waals surface area contributed by atoms with E-state index in [1.165, 1.54) is 6.07 Å². The van der Waals surface area contributed by atoms with E-state index in [9.17, 15) is 4.79 Å². The van der Waals surface area contributed by atoms with Gasteiger partial charge in [-0.25, -0.2) is 0 Å². The van der Waals surface area contributed by atoms with Gasteiger partial charge in [0.05, 0.1) is 5.75 Å². The minimum Gasteiger partial charge on any atom is -0.502 e. The average molecular weight is 229 g/mol. The lowest BCUT2D eigenvalue weighted by atomic mass is 10.3. The summed E-state index contributed by atoms with van der Waals surface area (Å²) in [6.45, 7) is 2.03. The summed E-state index contributed by atoms with van der Waals surface area (Å²) >= 11 is 1.61. The van der Waals surface area contributed by atoms with Gasteiger partial charge in [-0.1, -0.05) is 6.92 Å². The summed E-state index contributed by atoms with van der Waals surface area (Å²) in [5.74, 6) is 1.64. The second-order valence-corrected chi connectivity index (χ2v) is 4.31. The largest absolute Gasteiger partial charge is 0.502 e. The van der Waals surface area contributed by atoms with Crippen LogP contribution in [0.5, 0.6) is 5.75 Å². The van der Waals surface area contributed by atoms with Gasteiger partial charge in [-0.2, -0.15) is 11.8 Å². The Hall–Kier alpha value is -0.940. The molecule has 15 heavy (non-hydrogen) atoms. The first-order valence-corrected chi connectivity index (χ1v) is 5.93. The number of nitrogens with two attached hydrogens (primary N) is 1. The molecule has 4 nitrogen and oxygen atoms in total. The Balaban J connectivity index is 2.45. The molecule has 0 saturated carbocycles. The van der Waals surface area contributed by atoms with E-state index < -0.39 is 5.43 Å². The molecule has 0 aliphatic heterocycles. The molecule has 0 radical (unpaired) electrons. The molecule has 0 saturated heterocycles. The highest BCUT2D eigenvalue weighted by Crippen LogP contribution is 2.13. The Bertz CT molecular complexity index is 364. The van der Waals surface area contributed by atoms with Gasteiger partial charge in [-0.05, 0) is 6.42 Å². The van der Waals surface area contributed by atoms with Gasteiger partial charge in [-0.15, -0.1) is 0 Å². The minimum atomic E-state index is -0.406. The van der Waals surface area contributed by atoms with E-state index >= 15 is 0 Å². The summed E-state index contributed by atoms with van der Waals surface area (Å²) in [4.78, 5) is 11.0. The van der Waals surface area contributed by atoms with Crippen molar-refractivity contribution in [2.75, 3.05) is 5.75 Å². The van der Waals surface area contributed by atoms with Gasteiger partial charge >= 0.3 is 0 Å². The third-order valence-corrected chi connectivity index (χ3v) is 3.12. The lowest BCUT2D eigenvalue weighted by Gasteiger charge is -2.06. The molecule has 1 aromatic heterocycles. The Kier molecular flexibility index (Phi) is 4.71. The van der Waals surface area contributed by atoms with Crippen molar-refractivity contribution in [1.82, 2.24) is 0 Å². The van der Waals surface area contributed by atoms with Crippen molar-refractivity contribution in [2.45, 2.75) is 25.1 Å². The van der Waals surface area contributed by atoms with E-state index in [2.05, 4.69) is 0 Å². The van der Waals surface area contributed by atoms with Crippen LogP contribution >= 0.6 is 11.8 Å². The average Bonchev–Trinajstić information content (AvgIpc) is 2.23. The number of thioether (sulfide) groups is 1. The topological polar surface area (TPSA) is 76.5 Å². The molecule has 1 atom stereocenters. The Morgan fingerprint density at radius 2 is 2.40 bits per heavy atom. The van der Waals surface area contributed by atoms with Crippen molar-refractivity contribution in [3.8, 4) is 5.75 Å². The molecular formula is C10H15NO3S. The van der Waals surface area contributed by atoms with Gasteiger partial charge in [0.2, 0.25) is 5.43 Å².